The zero-order valence-corrected chi connectivity index (χ0v) is 17.2. The van der Waals surface area contributed by atoms with Crippen molar-refractivity contribution in [3.8, 4) is 0 Å². The summed E-state index contributed by atoms with van der Waals surface area (Å²) < 4.78 is 32.8. The number of sulfonamides is 1. The summed E-state index contributed by atoms with van der Waals surface area (Å²) in [6.07, 6.45) is 2.57. The Balaban J connectivity index is 2.08. The normalized spacial score (nSPS) is 22.4. The predicted octanol–water partition coefficient (Wildman–Crippen LogP) is 1.73. The molecule has 2 rings (SSSR count). The van der Waals surface area contributed by atoms with Crippen LogP contribution in [0.3, 0.4) is 0 Å². The average molecular weight is 398 g/mol. The first-order chi connectivity index (χ1) is 12.8. The van der Waals surface area contributed by atoms with Gasteiger partial charge < -0.3 is 15.8 Å². The van der Waals surface area contributed by atoms with Gasteiger partial charge in [-0.1, -0.05) is 19.8 Å². The highest BCUT2D eigenvalue weighted by Crippen LogP contribution is 2.21. The molecule has 27 heavy (non-hydrogen) atoms. The fourth-order valence-corrected chi connectivity index (χ4v) is 4.81. The molecule has 3 unspecified atom stereocenters. The Hall–Kier alpha value is -1.48. The minimum absolute atomic E-state index is 0.0721. The van der Waals surface area contributed by atoms with Crippen LogP contribution in [0.5, 0.6) is 0 Å². The van der Waals surface area contributed by atoms with Gasteiger partial charge in [-0.25, -0.2) is 8.42 Å². The highest BCUT2D eigenvalue weighted by molar-refractivity contribution is 7.89. The third-order valence-electron chi connectivity index (χ3n) is 4.67. The molecule has 3 atom stereocenters. The standard InChI is InChI=1S/C19H31N3O4S/c1-4-5-6-17(11-20)21-19(23)16-7-9-18(10-8-16)27(24,25)22-12-14(2)26-15(3)13-22/h7-10,14-15,17H,4-6,11-13,20H2,1-3H3,(H,21,23). The Morgan fingerprint density at radius 2 is 1.85 bits per heavy atom. The fraction of sp³-hybridized carbons (Fsp3) is 0.632. The monoisotopic (exact) mass is 397 g/mol. The maximum absolute atomic E-state index is 12.9. The van der Waals surface area contributed by atoms with Gasteiger partial charge in [-0.3, -0.25) is 4.79 Å². The van der Waals surface area contributed by atoms with Gasteiger partial charge in [0.25, 0.3) is 5.91 Å². The number of hydrogen-bond acceptors (Lipinski definition) is 5. The fourth-order valence-electron chi connectivity index (χ4n) is 3.22. The lowest BCUT2D eigenvalue weighted by Gasteiger charge is -2.34. The van der Waals surface area contributed by atoms with E-state index in [0.717, 1.165) is 19.3 Å². The number of nitrogens with zero attached hydrogens (tertiary/aromatic N) is 1. The SMILES string of the molecule is CCCCC(CN)NC(=O)c1ccc(S(=O)(=O)N2CC(C)OC(C)C2)cc1. The molecule has 152 valence electrons. The Labute approximate surface area is 162 Å². The van der Waals surface area contributed by atoms with Gasteiger partial charge in [0.1, 0.15) is 0 Å². The van der Waals surface area contributed by atoms with Crippen LogP contribution in [-0.2, 0) is 14.8 Å². The molecule has 3 N–H and O–H groups in total. The molecule has 1 aromatic carbocycles. The zero-order valence-electron chi connectivity index (χ0n) is 16.3. The topological polar surface area (TPSA) is 102 Å². The summed E-state index contributed by atoms with van der Waals surface area (Å²) in [6.45, 7) is 6.83. The number of unbranched alkanes of at least 4 members (excludes halogenated alkanes) is 1. The Morgan fingerprint density at radius 3 is 2.37 bits per heavy atom. The van der Waals surface area contributed by atoms with E-state index in [-0.39, 0.29) is 29.1 Å². The first-order valence-corrected chi connectivity index (χ1v) is 11.0. The lowest BCUT2D eigenvalue weighted by molar-refractivity contribution is -0.0440. The molecule has 0 aromatic heterocycles. The van der Waals surface area contributed by atoms with E-state index in [1.54, 1.807) is 12.1 Å². The third kappa shape index (κ3) is 5.75. The number of ether oxygens (including phenoxy) is 1. The second kappa shape index (κ2) is 9.64. The number of carbonyl (C=O) groups is 1. The van der Waals surface area contributed by atoms with Crippen molar-refractivity contribution in [1.82, 2.24) is 9.62 Å². The molecule has 1 heterocycles. The van der Waals surface area contributed by atoms with E-state index in [1.807, 2.05) is 13.8 Å². The van der Waals surface area contributed by atoms with E-state index in [0.29, 0.717) is 25.2 Å². The Morgan fingerprint density at radius 1 is 1.26 bits per heavy atom. The number of rotatable bonds is 8. The first kappa shape index (κ1) is 21.8. The van der Waals surface area contributed by atoms with Gasteiger partial charge in [0.2, 0.25) is 10.0 Å². The van der Waals surface area contributed by atoms with Crippen molar-refractivity contribution in [2.24, 2.45) is 5.73 Å². The van der Waals surface area contributed by atoms with Crippen molar-refractivity contribution in [3.05, 3.63) is 29.8 Å². The van der Waals surface area contributed by atoms with E-state index < -0.39 is 10.0 Å². The highest BCUT2D eigenvalue weighted by Gasteiger charge is 2.32. The lowest BCUT2D eigenvalue weighted by atomic mass is 10.1. The minimum atomic E-state index is -3.61. The molecule has 0 spiro atoms. The van der Waals surface area contributed by atoms with E-state index in [2.05, 4.69) is 12.2 Å². The maximum Gasteiger partial charge on any atom is 0.251 e. The van der Waals surface area contributed by atoms with Crippen molar-refractivity contribution in [1.29, 1.82) is 0 Å². The summed E-state index contributed by atoms with van der Waals surface area (Å²) >= 11 is 0. The van der Waals surface area contributed by atoms with Crippen LogP contribution < -0.4 is 11.1 Å². The number of amides is 1. The smallest absolute Gasteiger partial charge is 0.251 e. The first-order valence-electron chi connectivity index (χ1n) is 9.54. The quantitative estimate of drug-likeness (QED) is 0.696. The summed E-state index contributed by atoms with van der Waals surface area (Å²) in [7, 11) is -3.61. The Kier molecular flexibility index (Phi) is 7.79. The van der Waals surface area contributed by atoms with Crippen molar-refractivity contribution in [2.75, 3.05) is 19.6 Å². The predicted molar refractivity (Wildman–Crippen MR) is 105 cm³/mol. The van der Waals surface area contributed by atoms with Crippen LogP contribution in [0.2, 0.25) is 0 Å². The molecule has 1 amide bonds. The van der Waals surface area contributed by atoms with E-state index in [1.165, 1.54) is 16.4 Å². The molecule has 1 aromatic rings. The molecular weight excluding hydrogens is 366 g/mol. The van der Waals surface area contributed by atoms with Gasteiger partial charge in [0, 0.05) is 31.2 Å². The van der Waals surface area contributed by atoms with Gasteiger partial charge in [-0.15, -0.1) is 0 Å². The molecule has 1 saturated heterocycles. The summed E-state index contributed by atoms with van der Waals surface area (Å²) in [6, 6.07) is 5.99. The zero-order chi connectivity index (χ0) is 20.0. The van der Waals surface area contributed by atoms with Gasteiger partial charge in [0.15, 0.2) is 0 Å². The third-order valence-corrected chi connectivity index (χ3v) is 6.51. The number of nitrogens with two attached hydrogens (primary N) is 1. The summed E-state index contributed by atoms with van der Waals surface area (Å²) in [4.78, 5) is 12.6. The lowest BCUT2D eigenvalue weighted by Crippen LogP contribution is -2.48. The van der Waals surface area contributed by atoms with Crippen molar-refractivity contribution in [2.45, 2.75) is 63.2 Å². The van der Waals surface area contributed by atoms with Crippen LogP contribution >= 0.6 is 0 Å². The van der Waals surface area contributed by atoms with Gasteiger partial charge in [-0.05, 0) is 44.5 Å². The maximum atomic E-state index is 12.9. The van der Waals surface area contributed by atoms with Crippen molar-refractivity contribution < 1.29 is 17.9 Å². The molecule has 0 bridgehead atoms. The summed E-state index contributed by atoms with van der Waals surface area (Å²) in [5.41, 5.74) is 6.14. The van der Waals surface area contributed by atoms with Crippen molar-refractivity contribution in [3.63, 3.8) is 0 Å². The molecule has 0 saturated carbocycles. The summed E-state index contributed by atoms with van der Waals surface area (Å²) in [5, 5.41) is 2.91. The highest BCUT2D eigenvalue weighted by atomic mass is 32.2. The molecule has 1 aliphatic heterocycles. The number of hydrogen-bond donors (Lipinski definition) is 2. The van der Waals surface area contributed by atoms with Crippen LogP contribution in [0.15, 0.2) is 29.2 Å². The van der Waals surface area contributed by atoms with Gasteiger partial charge in [0.05, 0.1) is 17.1 Å². The van der Waals surface area contributed by atoms with Crippen LogP contribution in [0.4, 0.5) is 0 Å². The number of benzene rings is 1. The molecule has 7 nitrogen and oxygen atoms in total. The second-order valence-corrected chi connectivity index (χ2v) is 9.09. The number of carbonyl (C=O) groups excluding carboxylic acids is 1. The van der Waals surface area contributed by atoms with Crippen LogP contribution in [-0.4, -0.2) is 56.5 Å². The molecule has 8 heteroatoms. The molecule has 1 fully saturated rings. The second-order valence-electron chi connectivity index (χ2n) is 7.15. The summed E-state index contributed by atoms with van der Waals surface area (Å²) in [5.74, 6) is -0.237. The Bertz CT molecular complexity index is 711. The average Bonchev–Trinajstić information content (AvgIpc) is 2.64. The number of nitrogens with one attached hydrogen (secondary N) is 1. The van der Waals surface area contributed by atoms with Gasteiger partial charge >= 0.3 is 0 Å². The van der Waals surface area contributed by atoms with Crippen LogP contribution in [0, 0.1) is 0 Å². The van der Waals surface area contributed by atoms with Crippen LogP contribution in [0.25, 0.3) is 0 Å². The minimum Gasteiger partial charge on any atom is -0.373 e. The van der Waals surface area contributed by atoms with Gasteiger partial charge in [-0.2, -0.15) is 4.31 Å². The molecule has 1 aliphatic rings. The van der Waals surface area contributed by atoms with Crippen molar-refractivity contribution >= 4 is 15.9 Å². The van der Waals surface area contributed by atoms with Crippen LogP contribution in [0.1, 0.15) is 50.4 Å². The number of morpholine rings is 1. The molecular formula is C19H31N3O4S. The molecule has 0 aliphatic carbocycles. The van der Waals surface area contributed by atoms with E-state index in [9.17, 15) is 13.2 Å². The largest absolute Gasteiger partial charge is 0.373 e. The van der Waals surface area contributed by atoms with E-state index in [4.69, 9.17) is 10.5 Å². The molecule has 0 radical (unpaired) electrons. The van der Waals surface area contributed by atoms with E-state index >= 15 is 0 Å².